The van der Waals surface area contributed by atoms with Crippen LogP contribution in [-0.2, 0) is 9.53 Å². The summed E-state index contributed by atoms with van der Waals surface area (Å²) in [6, 6.07) is 7.26. The Kier molecular flexibility index (Phi) is 3.71. The van der Waals surface area contributed by atoms with E-state index in [9.17, 15) is 9.59 Å². The van der Waals surface area contributed by atoms with Crippen molar-refractivity contribution in [1.82, 2.24) is 4.90 Å². The first-order valence-electron chi connectivity index (χ1n) is 6.80. The normalized spacial score (nSPS) is 24.0. The molecule has 1 fully saturated rings. The molecule has 110 valence electrons. The second-order valence-corrected chi connectivity index (χ2v) is 5.94. The van der Waals surface area contributed by atoms with E-state index < -0.39 is 0 Å². The quantitative estimate of drug-likeness (QED) is 0.747. The molecule has 0 unspecified atom stereocenters. The Hall–Kier alpha value is -1.82. The summed E-state index contributed by atoms with van der Waals surface area (Å²) in [5, 5.41) is 0.892. The van der Waals surface area contributed by atoms with E-state index >= 15 is 0 Å². The average Bonchev–Trinajstić information content (AvgIpc) is 2.82. The minimum Gasteiger partial charge on any atom is -0.461 e. The zero-order chi connectivity index (χ0) is 15.0. The third-order valence-corrected chi connectivity index (χ3v) is 4.50. The maximum Gasteiger partial charge on any atom is 0.302 e. The molecule has 5 nitrogen and oxygen atoms in total. The standard InChI is InChI=1S/C15H16N2O3S/c1-9(18)20-10-7-13-14(21-2)16-12-6-4-3-5-11(12)15(19)17(13)8-10/h3-6,10,13H,7-8H2,1-2H3/t10-,13+/m1/s1. The van der Waals surface area contributed by atoms with Gasteiger partial charge in [-0.3, -0.25) is 9.59 Å². The number of amides is 1. The van der Waals surface area contributed by atoms with Gasteiger partial charge < -0.3 is 9.64 Å². The molecule has 2 aliphatic rings. The number of aliphatic imine (C=N–C) groups is 1. The van der Waals surface area contributed by atoms with Crippen LogP contribution in [-0.4, -0.2) is 46.8 Å². The van der Waals surface area contributed by atoms with Crippen molar-refractivity contribution in [2.24, 2.45) is 4.99 Å². The van der Waals surface area contributed by atoms with Gasteiger partial charge >= 0.3 is 5.97 Å². The van der Waals surface area contributed by atoms with Crippen LogP contribution in [0.4, 0.5) is 5.69 Å². The van der Waals surface area contributed by atoms with Crippen molar-refractivity contribution in [1.29, 1.82) is 0 Å². The first-order chi connectivity index (χ1) is 10.1. The number of esters is 1. The summed E-state index contributed by atoms with van der Waals surface area (Å²) in [5.74, 6) is -0.355. The smallest absolute Gasteiger partial charge is 0.302 e. The van der Waals surface area contributed by atoms with Crippen LogP contribution in [0.5, 0.6) is 0 Å². The van der Waals surface area contributed by atoms with Gasteiger partial charge in [0.25, 0.3) is 5.91 Å². The largest absolute Gasteiger partial charge is 0.461 e. The molecule has 1 aromatic rings. The van der Waals surface area contributed by atoms with Gasteiger partial charge in [-0.2, -0.15) is 0 Å². The molecular weight excluding hydrogens is 288 g/mol. The molecule has 1 aromatic carbocycles. The summed E-state index contributed by atoms with van der Waals surface area (Å²) in [6.45, 7) is 1.82. The van der Waals surface area contributed by atoms with Crippen LogP contribution < -0.4 is 0 Å². The molecular formula is C15H16N2O3S. The summed E-state index contributed by atoms with van der Waals surface area (Å²) in [5.41, 5.74) is 1.32. The Labute approximate surface area is 127 Å². The Bertz CT molecular complexity index is 629. The van der Waals surface area contributed by atoms with E-state index in [1.807, 2.05) is 24.5 Å². The number of carbonyl (C=O) groups is 2. The van der Waals surface area contributed by atoms with Crippen LogP contribution in [0.2, 0.25) is 0 Å². The second kappa shape index (κ2) is 5.52. The summed E-state index contributed by atoms with van der Waals surface area (Å²) in [4.78, 5) is 30.3. The third kappa shape index (κ3) is 2.55. The summed E-state index contributed by atoms with van der Waals surface area (Å²) in [7, 11) is 0. The predicted molar refractivity (Wildman–Crippen MR) is 82.0 cm³/mol. The molecule has 0 aliphatic carbocycles. The molecule has 6 heteroatoms. The number of thioether (sulfide) groups is 1. The summed E-state index contributed by atoms with van der Waals surface area (Å²) in [6.07, 6.45) is 2.31. The van der Waals surface area contributed by atoms with Crippen LogP contribution in [0.1, 0.15) is 23.7 Å². The number of nitrogens with zero attached hydrogens (tertiary/aromatic N) is 2. The monoisotopic (exact) mass is 304 g/mol. The minimum atomic E-state index is -0.312. The van der Waals surface area contributed by atoms with E-state index in [0.717, 1.165) is 5.04 Å². The van der Waals surface area contributed by atoms with Crippen molar-refractivity contribution in [3.63, 3.8) is 0 Å². The van der Waals surface area contributed by atoms with Crippen molar-refractivity contribution in [3.05, 3.63) is 29.8 Å². The zero-order valence-electron chi connectivity index (χ0n) is 11.9. The van der Waals surface area contributed by atoms with E-state index in [2.05, 4.69) is 4.99 Å². The molecule has 2 atom stereocenters. The Balaban J connectivity index is 1.98. The lowest BCUT2D eigenvalue weighted by molar-refractivity contribution is -0.145. The lowest BCUT2D eigenvalue weighted by Gasteiger charge is -2.22. The first-order valence-corrected chi connectivity index (χ1v) is 8.02. The number of carbonyl (C=O) groups excluding carboxylic acids is 2. The Morgan fingerprint density at radius 2 is 2.19 bits per heavy atom. The molecule has 0 spiro atoms. The molecule has 0 bridgehead atoms. The Morgan fingerprint density at radius 3 is 2.90 bits per heavy atom. The number of fused-ring (bicyclic) bond motifs is 2. The van der Waals surface area contributed by atoms with Gasteiger partial charge in [0.05, 0.1) is 28.9 Å². The van der Waals surface area contributed by atoms with E-state index in [1.54, 1.807) is 11.0 Å². The van der Waals surface area contributed by atoms with Crippen LogP contribution in [0.15, 0.2) is 29.3 Å². The maximum atomic E-state index is 12.7. The average molecular weight is 304 g/mol. The fourth-order valence-corrected chi connectivity index (χ4v) is 3.54. The third-order valence-electron chi connectivity index (χ3n) is 3.72. The molecule has 0 aromatic heterocycles. The number of rotatable bonds is 1. The van der Waals surface area contributed by atoms with Gasteiger partial charge in [0, 0.05) is 13.3 Å². The minimum absolute atomic E-state index is 0.0435. The molecule has 2 heterocycles. The first kappa shape index (κ1) is 14.1. The zero-order valence-corrected chi connectivity index (χ0v) is 12.7. The van der Waals surface area contributed by atoms with Crippen LogP contribution in [0, 0.1) is 0 Å². The maximum absolute atomic E-state index is 12.7. The topological polar surface area (TPSA) is 59.0 Å². The van der Waals surface area contributed by atoms with Crippen LogP contribution >= 0.6 is 11.8 Å². The number of hydrogen-bond acceptors (Lipinski definition) is 5. The van der Waals surface area contributed by atoms with Crippen LogP contribution in [0.25, 0.3) is 0 Å². The van der Waals surface area contributed by atoms with E-state index in [0.29, 0.717) is 24.2 Å². The van der Waals surface area contributed by atoms with Crippen LogP contribution in [0.3, 0.4) is 0 Å². The van der Waals surface area contributed by atoms with Gasteiger partial charge in [0.15, 0.2) is 0 Å². The fraction of sp³-hybridized carbons (Fsp3) is 0.400. The second-order valence-electron chi connectivity index (χ2n) is 5.11. The number of ether oxygens (including phenoxy) is 1. The SMILES string of the molecule is CSC1=Nc2ccccc2C(=O)N2C[C@H](OC(C)=O)C[C@@H]12. The van der Waals surface area contributed by atoms with Crippen molar-refractivity contribution in [3.8, 4) is 0 Å². The lowest BCUT2D eigenvalue weighted by Crippen LogP contribution is -2.38. The van der Waals surface area contributed by atoms with E-state index in [1.165, 1.54) is 18.7 Å². The van der Waals surface area contributed by atoms with Crippen molar-refractivity contribution < 1.29 is 14.3 Å². The van der Waals surface area contributed by atoms with Gasteiger partial charge in [-0.15, -0.1) is 11.8 Å². The van der Waals surface area contributed by atoms with Gasteiger partial charge in [0.2, 0.25) is 0 Å². The number of para-hydroxylation sites is 1. The van der Waals surface area contributed by atoms with Crippen molar-refractivity contribution >= 4 is 34.4 Å². The highest BCUT2D eigenvalue weighted by Gasteiger charge is 2.41. The summed E-state index contributed by atoms with van der Waals surface area (Å²) < 4.78 is 5.28. The molecule has 2 aliphatic heterocycles. The van der Waals surface area contributed by atoms with E-state index in [4.69, 9.17) is 4.74 Å². The highest BCUT2D eigenvalue weighted by molar-refractivity contribution is 8.13. The molecule has 0 radical (unpaired) electrons. The Morgan fingerprint density at radius 1 is 1.43 bits per heavy atom. The fourth-order valence-electron chi connectivity index (χ4n) is 2.86. The summed E-state index contributed by atoms with van der Waals surface area (Å²) >= 11 is 1.54. The number of benzene rings is 1. The van der Waals surface area contributed by atoms with Crippen molar-refractivity contribution in [2.45, 2.75) is 25.5 Å². The predicted octanol–water partition coefficient (Wildman–Crippen LogP) is 2.24. The van der Waals surface area contributed by atoms with Gasteiger partial charge in [-0.25, -0.2) is 4.99 Å². The highest BCUT2D eigenvalue weighted by Crippen LogP contribution is 2.34. The number of hydrogen-bond donors (Lipinski definition) is 0. The van der Waals surface area contributed by atoms with Gasteiger partial charge in [-0.1, -0.05) is 12.1 Å². The highest BCUT2D eigenvalue weighted by atomic mass is 32.2. The molecule has 21 heavy (non-hydrogen) atoms. The molecule has 0 saturated carbocycles. The molecule has 1 saturated heterocycles. The van der Waals surface area contributed by atoms with Crippen molar-refractivity contribution in [2.75, 3.05) is 12.8 Å². The van der Waals surface area contributed by atoms with Gasteiger partial charge in [-0.05, 0) is 18.4 Å². The van der Waals surface area contributed by atoms with E-state index in [-0.39, 0.29) is 24.0 Å². The molecule has 1 amide bonds. The van der Waals surface area contributed by atoms with Gasteiger partial charge in [0.1, 0.15) is 6.10 Å². The molecule has 0 N–H and O–H groups in total. The lowest BCUT2D eigenvalue weighted by atomic mass is 10.1. The molecule has 3 rings (SSSR count).